The molecule has 0 aromatic heterocycles. The quantitative estimate of drug-likeness (QED) is 0.305. The molecule has 0 aliphatic rings. The zero-order valence-electron chi connectivity index (χ0n) is 19.4. The predicted octanol–water partition coefficient (Wildman–Crippen LogP) is 8.88. The lowest BCUT2D eigenvalue weighted by Crippen LogP contribution is -1.98. The highest BCUT2D eigenvalue weighted by Crippen LogP contribution is 2.27. The molecule has 0 amide bonds. The summed E-state index contributed by atoms with van der Waals surface area (Å²) in [6, 6.07) is 25.5. The van der Waals surface area contributed by atoms with Gasteiger partial charge in [0.2, 0.25) is 0 Å². The van der Waals surface area contributed by atoms with E-state index in [0.717, 1.165) is 6.42 Å². The maximum absolute atomic E-state index is 2.68. The van der Waals surface area contributed by atoms with Crippen LogP contribution in [-0.4, -0.2) is 0 Å². The molecule has 0 radical (unpaired) electrons. The number of rotatable bonds is 4. The first-order valence-electron chi connectivity index (χ1n) is 10.7. The van der Waals surface area contributed by atoms with E-state index in [-0.39, 0.29) is 0 Å². The minimum absolute atomic E-state index is 0.558. The second-order valence-corrected chi connectivity index (χ2v) is 7.10. The Labute approximate surface area is 184 Å². The molecule has 156 valence electrons. The van der Waals surface area contributed by atoms with Gasteiger partial charge in [0, 0.05) is 5.92 Å². The van der Waals surface area contributed by atoms with Crippen LogP contribution in [0.5, 0.6) is 0 Å². The molecule has 1 unspecified atom stereocenters. The molecule has 0 saturated carbocycles. The summed E-state index contributed by atoms with van der Waals surface area (Å²) >= 11 is 0. The summed E-state index contributed by atoms with van der Waals surface area (Å²) in [5, 5.41) is 2.68. The largest absolute Gasteiger partial charge is 0.107 e. The van der Waals surface area contributed by atoms with Crippen molar-refractivity contribution in [3.63, 3.8) is 0 Å². The molecule has 0 saturated heterocycles. The van der Waals surface area contributed by atoms with Crippen LogP contribution in [0.2, 0.25) is 0 Å². The monoisotopic (exact) mass is 396 g/mol. The molecule has 0 heterocycles. The molecule has 1 atom stereocenters. The van der Waals surface area contributed by atoms with Crippen LogP contribution in [0.4, 0.5) is 0 Å². The van der Waals surface area contributed by atoms with Crippen molar-refractivity contribution in [2.24, 2.45) is 0 Å². The number of hydrogen-bond acceptors (Lipinski definition) is 0. The molecule has 0 bridgehead atoms. The average molecular weight is 397 g/mol. The molecule has 3 rings (SSSR count). The second-order valence-electron chi connectivity index (χ2n) is 7.10. The zero-order chi connectivity index (χ0) is 22.2. The minimum atomic E-state index is 0.558. The normalized spacial score (nSPS) is 11.5. The van der Waals surface area contributed by atoms with E-state index in [4.69, 9.17) is 0 Å². The Kier molecular flexibility index (Phi) is 12.4. The smallest absolute Gasteiger partial charge is 0.00458 e. The summed E-state index contributed by atoms with van der Waals surface area (Å²) in [5.74, 6) is 5.92. The Hall–Kier alpha value is -3.04. The van der Waals surface area contributed by atoms with E-state index in [0.29, 0.717) is 5.92 Å². The summed E-state index contributed by atoms with van der Waals surface area (Å²) in [5.41, 5.74) is 4.20. The van der Waals surface area contributed by atoms with Gasteiger partial charge in [-0.3, -0.25) is 0 Å². The van der Waals surface area contributed by atoms with E-state index < -0.39 is 0 Å². The first-order chi connectivity index (χ1) is 14.6. The molecule has 0 aliphatic carbocycles. The topological polar surface area (TPSA) is 0 Å². The molecule has 0 heteroatoms. The lowest BCUT2D eigenvalue weighted by Gasteiger charge is -2.15. The fraction of sp³-hybridized carbons (Fsp3) is 0.267. The highest BCUT2D eigenvalue weighted by molar-refractivity contribution is 5.85. The molecule has 3 aromatic rings. The van der Waals surface area contributed by atoms with Gasteiger partial charge in [0.15, 0.2) is 0 Å². The third-order valence-electron chi connectivity index (χ3n) is 4.97. The van der Waals surface area contributed by atoms with Gasteiger partial charge in [0.05, 0.1) is 0 Å². The number of allylic oxidation sites excluding steroid dienone is 4. The van der Waals surface area contributed by atoms with Gasteiger partial charge in [0.1, 0.15) is 0 Å². The van der Waals surface area contributed by atoms with Gasteiger partial charge >= 0.3 is 0 Å². The lowest BCUT2D eigenvalue weighted by atomic mass is 9.89. The van der Waals surface area contributed by atoms with Gasteiger partial charge < -0.3 is 0 Å². The molecule has 0 nitrogen and oxygen atoms in total. The van der Waals surface area contributed by atoms with Crippen LogP contribution in [0.3, 0.4) is 0 Å². The Morgan fingerprint density at radius 1 is 0.867 bits per heavy atom. The minimum Gasteiger partial charge on any atom is -0.107 e. The van der Waals surface area contributed by atoms with E-state index in [1.54, 1.807) is 0 Å². The fourth-order valence-electron chi connectivity index (χ4n) is 3.26. The highest BCUT2D eigenvalue weighted by Gasteiger charge is 2.09. The van der Waals surface area contributed by atoms with Crippen LogP contribution in [-0.2, 0) is 0 Å². The van der Waals surface area contributed by atoms with E-state index >= 15 is 0 Å². The Balaban J connectivity index is 0.000000262. The molecule has 30 heavy (non-hydrogen) atoms. The average Bonchev–Trinajstić information content (AvgIpc) is 2.80. The molecule has 3 aromatic carbocycles. The van der Waals surface area contributed by atoms with Gasteiger partial charge in [-0.2, -0.15) is 0 Å². The number of hydrogen-bond donors (Lipinski definition) is 0. The second kappa shape index (κ2) is 14.9. The molecular formula is C30H36. The maximum atomic E-state index is 2.68. The number of fused-ring (bicyclic) bond motifs is 1. The Morgan fingerprint density at radius 2 is 1.47 bits per heavy atom. The summed E-state index contributed by atoms with van der Waals surface area (Å²) < 4.78 is 0. The van der Waals surface area contributed by atoms with Gasteiger partial charge in [-0.1, -0.05) is 104 Å². The standard InChI is InChI=1S/C15H20.C11H10.C4H6/c1-4-6-10-13(3)15(5-2)14-11-8-7-9-12-14;1-9-5-4-7-10-6-2-3-8-11(9)10;1-3-4-2/h4,6-12,15H,5H2,1-3H3;2-8H,1H3;1-2H3/b6-4-,13-10+;;. The summed E-state index contributed by atoms with van der Waals surface area (Å²) in [4.78, 5) is 0. The van der Waals surface area contributed by atoms with Gasteiger partial charge in [-0.25, -0.2) is 0 Å². The van der Waals surface area contributed by atoms with E-state index in [2.05, 4.69) is 124 Å². The molecule has 0 spiro atoms. The van der Waals surface area contributed by atoms with Crippen LogP contribution in [0.15, 0.2) is 96.6 Å². The van der Waals surface area contributed by atoms with Crippen molar-refractivity contribution in [1.29, 1.82) is 0 Å². The van der Waals surface area contributed by atoms with Crippen molar-refractivity contribution in [3.05, 3.63) is 108 Å². The van der Waals surface area contributed by atoms with Crippen molar-refractivity contribution in [1.82, 2.24) is 0 Å². The van der Waals surface area contributed by atoms with E-state index in [1.807, 2.05) is 20.8 Å². The molecule has 0 N–H and O–H groups in total. The van der Waals surface area contributed by atoms with E-state index in [9.17, 15) is 0 Å². The lowest BCUT2D eigenvalue weighted by molar-refractivity contribution is 0.759. The van der Waals surface area contributed by atoms with E-state index in [1.165, 1.54) is 27.5 Å². The van der Waals surface area contributed by atoms with Crippen LogP contribution >= 0.6 is 0 Å². The van der Waals surface area contributed by atoms with Gasteiger partial charge in [-0.05, 0) is 62.9 Å². The third kappa shape index (κ3) is 8.54. The van der Waals surface area contributed by atoms with Crippen molar-refractivity contribution < 1.29 is 0 Å². The summed E-state index contributed by atoms with van der Waals surface area (Å²) in [6.45, 7) is 12.3. The summed E-state index contributed by atoms with van der Waals surface area (Å²) in [7, 11) is 0. The highest BCUT2D eigenvalue weighted by atomic mass is 14.1. The zero-order valence-corrected chi connectivity index (χ0v) is 19.4. The Morgan fingerprint density at radius 3 is 2.03 bits per heavy atom. The number of aryl methyl sites for hydroxylation is 1. The SMILES string of the molecule is C/C=C\C=C(/C)C(CC)c1ccccc1.CC#CC.Cc1cccc2ccccc12. The maximum Gasteiger partial charge on any atom is 0.00458 e. The molecular weight excluding hydrogens is 360 g/mol. The fourth-order valence-corrected chi connectivity index (χ4v) is 3.26. The molecule has 0 aliphatic heterocycles. The third-order valence-corrected chi connectivity index (χ3v) is 4.97. The van der Waals surface area contributed by atoms with Gasteiger partial charge in [-0.15, -0.1) is 11.8 Å². The van der Waals surface area contributed by atoms with Crippen molar-refractivity contribution in [3.8, 4) is 11.8 Å². The Bertz CT molecular complexity index is 967. The van der Waals surface area contributed by atoms with Crippen molar-refractivity contribution in [2.75, 3.05) is 0 Å². The number of benzene rings is 3. The van der Waals surface area contributed by atoms with Crippen molar-refractivity contribution >= 4 is 10.8 Å². The van der Waals surface area contributed by atoms with Crippen LogP contribution in [0, 0.1) is 18.8 Å². The summed E-state index contributed by atoms with van der Waals surface area (Å²) in [6.07, 6.45) is 7.55. The van der Waals surface area contributed by atoms with Crippen LogP contribution in [0.1, 0.15) is 58.1 Å². The van der Waals surface area contributed by atoms with Crippen molar-refractivity contribution in [2.45, 2.75) is 53.9 Å². The van der Waals surface area contributed by atoms with Crippen LogP contribution < -0.4 is 0 Å². The molecule has 0 fully saturated rings. The predicted molar refractivity (Wildman–Crippen MR) is 136 cm³/mol. The van der Waals surface area contributed by atoms with Crippen LogP contribution in [0.25, 0.3) is 10.8 Å². The van der Waals surface area contributed by atoms with Gasteiger partial charge in [0.25, 0.3) is 0 Å². The first kappa shape index (κ1) is 25.0. The first-order valence-corrected chi connectivity index (χ1v) is 10.7.